The highest BCUT2D eigenvalue weighted by molar-refractivity contribution is 7.79. The molecular weight excluding hydrogens is 368 g/mol. The van der Waals surface area contributed by atoms with Crippen LogP contribution in [0, 0.1) is 17.3 Å². The zero-order valence-electron chi connectivity index (χ0n) is 18.0. The van der Waals surface area contributed by atoms with Crippen LogP contribution in [0.5, 0.6) is 0 Å². The lowest BCUT2D eigenvalue weighted by molar-refractivity contribution is -0.117. The van der Waals surface area contributed by atoms with Gasteiger partial charge in [-0.25, -0.2) is 0 Å². The van der Waals surface area contributed by atoms with E-state index in [2.05, 4.69) is 23.6 Å². The molecule has 0 aromatic heterocycles. The van der Waals surface area contributed by atoms with Crippen LogP contribution in [0.25, 0.3) is 0 Å². The van der Waals surface area contributed by atoms with Gasteiger partial charge in [0.1, 0.15) is 0 Å². The second-order valence-corrected chi connectivity index (χ2v) is 10.1. The molecule has 3 fully saturated rings. The van der Waals surface area contributed by atoms with E-state index in [0.717, 1.165) is 30.0 Å². The Labute approximate surface area is 174 Å². The first-order valence-corrected chi connectivity index (χ1v) is 12.2. The molecule has 1 saturated carbocycles. The molecule has 2 saturated heterocycles. The Hall–Kier alpha value is -0.750. The van der Waals surface area contributed by atoms with Gasteiger partial charge in [-0.2, -0.15) is 0 Å². The van der Waals surface area contributed by atoms with Crippen molar-refractivity contribution in [1.29, 1.82) is 0 Å². The maximum Gasteiger partial charge on any atom is 0.0251 e. The molecule has 0 amide bonds. The molecule has 5 heteroatoms. The Morgan fingerprint density at radius 1 is 1.18 bits per heavy atom. The van der Waals surface area contributed by atoms with Crippen LogP contribution in [0.1, 0.15) is 58.9 Å². The molecule has 28 heavy (non-hydrogen) atoms. The minimum absolute atomic E-state index is 0.395. The summed E-state index contributed by atoms with van der Waals surface area (Å²) in [6.45, 7) is 14.6. The lowest BCUT2D eigenvalue weighted by atomic mass is 9.60. The Morgan fingerprint density at radius 2 is 1.82 bits per heavy atom. The maximum atomic E-state index is 11.1. The van der Waals surface area contributed by atoms with Crippen molar-refractivity contribution >= 4 is 11.1 Å². The van der Waals surface area contributed by atoms with Crippen molar-refractivity contribution in [1.82, 2.24) is 9.80 Å². The third kappa shape index (κ3) is 4.86. The van der Waals surface area contributed by atoms with Gasteiger partial charge in [0.05, 0.1) is 0 Å². The van der Waals surface area contributed by atoms with Crippen LogP contribution in [0.15, 0.2) is 29.2 Å². The minimum atomic E-state index is -2.13. The molecule has 2 aliphatic heterocycles. The molecule has 4 rings (SSSR count). The van der Waals surface area contributed by atoms with Crippen molar-refractivity contribution in [2.24, 2.45) is 17.3 Å². The molecule has 1 aromatic carbocycles. The largest absolute Gasteiger partial charge is 0.768 e. The summed E-state index contributed by atoms with van der Waals surface area (Å²) in [7, 11) is 0. The van der Waals surface area contributed by atoms with Gasteiger partial charge in [-0.05, 0) is 84.8 Å². The summed E-state index contributed by atoms with van der Waals surface area (Å²) in [5.74, 6) is 1.77. The smallest absolute Gasteiger partial charge is 0.0251 e. The molecule has 0 N–H and O–H groups in total. The van der Waals surface area contributed by atoms with Crippen LogP contribution in [0.4, 0.5) is 0 Å². The van der Waals surface area contributed by atoms with Crippen LogP contribution >= 0.6 is 0 Å². The fourth-order valence-corrected chi connectivity index (χ4v) is 5.86. The van der Waals surface area contributed by atoms with Gasteiger partial charge in [-0.3, -0.25) is 9.11 Å². The Balaban J connectivity index is 0.00000109. The quantitative estimate of drug-likeness (QED) is 0.686. The third-order valence-corrected chi connectivity index (χ3v) is 7.62. The lowest BCUT2D eigenvalue weighted by Crippen LogP contribution is -2.66. The second kappa shape index (κ2) is 9.38. The molecule has 0 bridgehead atoms. The molecular formula is C23H37N2O2S-. The first-order valence-electron chi connectivity index (χ1n) is 11.1. The molecule has 1 unspecified atom stereocenters. The van der Waals surface area contributed by atoms with Crippen LogP contribution in [-0.2, 0) is 17.6 Å². The summed E-state index contributed by atoms with van der Waals surface area (Å²) in [4.78, 5) is 5.61. The molecule has 1 aromatic rings. The van der Waals surface area contributed by atoms with E-state index in [4.69, 9.17) is 0 Å². The molecule has 3 aliphatic rings. The number of hydrogen-bond donors (Lipinski definition) is 0. The first-order chi connectivity index (χ1) is 13.4. The summed E-state index contributed by atoms with van der Waals surface area (Å²) in [5, 5.41) is 0. The van der Waals surface area contributed by atoms with E-state index in [9.17, 15) is 8.76 Å². The number of benzene rings is 1. The highest BCUT2D eigenvalue weighted by Crippen LogP contribution is 2.51. The van der Waals surface area contributed by atoms with E-state index in [1.54, 1.807) is 12.1 Å². The highest BCUT2D eigenvalue weighted by Gasteiger charge is 2.53. The average Bonchev–Trinajstić information content (AvgIpc) is 2.64. The van der Waals surface area contributed by atoms with E-state index >= 15 is 0 Å². The zero-order valence-corrected chi connectivity index (χ0v) is 18.8. The van der Waals surface area contributed by atoms with Gasteiger partial charge in [-0.15, -0.1) is 0 Å². The van der Waals surface area contributed by atoms with Crippen molar-refractivity contribution in [2.45, 2.75) is 70.9 Å². The number of hydrogen-bond acceptors (Lipinski definition) is 4. The summed E-state index contributed by atoms with van der Waals surface area (Å²) < 4.78 is 22.2. The lowest BCUT2D eigenvalue weighted by Gasteiger charge is -2.62. The third-order valence-electron chi connectivity index (χ3n) is 6.99. The first kappa shape index (κ1) is 21.9. The Kier molecular flexibility index (Phi) is 7.35. The normalized spacial score (nSPS) is 24.4. The van der Waals surface area contributed by atoms with Gasteiger partial charge in [0.15, 0.2) is 0 Å². The number of nitrogens with zero attached hydrogens (tertiary/aromatic N) is 2. The molecule has 2 heterocycles. The molecule has 1 spiro atoms. The standard InChI is InChI=1S/C21H32N2O2S.C2H6/c1-16(2)18-6-8-23(9-7-18)19-11-21(12-19)14-22(15-21)13-17-4-3-5-20(10-17)26(24)25;1-2/h3-5,10,16,18-19H,6-9,11-15H2,1-2H3,(H,24,25);1-2H3/p-1. The molecule has 4 nitrogen and oxygen atoms in total. The van der Waals surface area contributed by atoms with E-state index in [-0.39, 0.29) is 0 Å². The van der Waals surface area contributed by atoms with Crippen LogP contribution in [0.2, 0.25) is 0 Å². The van der Waals surface area contributed by atoms with Gasteiger partial charge in [0.2, 0.25) is 0 Å². The summed E-state index contributed by atoms with van der Waals surface area (Å²) >= 11 is -2.13. The number of piperidine rings is 1. The van der Waals surface area contributed by atoms with Gasteiger partial charge in [-0.1, -0.05) is 39.8 Å². The topological polar surface area (TPSA) is 46.6 Å². The number of rotatable bonds is 5. The molecule has 1 aliphatic carbocycles. The van der Waals surface area contributed by atoms with Crippen LogP contribution in [-0.4, -0.2) is 50.8 Å². The van der Waals surface area contributed by atoms with E-state index < -0.39 is 11.1 Å². The van der Waals surface area contributed by atoms with Gasteiger partial charge in [0.25, 0.3) is 0 Å². The van der Waals surface area contributed by atoms with Crippen LogP contribution in [0.3, 0.4) is 0 Å². The molecule has 0 radical (unpaired) electrons. The van der Waals surface area contributed by atoms with E-state index in [1.807, 2.05) is 26.0 Å². The maximum absolute atomic E-state index is 11.1. The fourth-order valence-electron chi connectivity index (χ4n) is 5.43. The SMILES string of the molecule is CC.CC(C)C1CCN(C2CC3(C2)CN(Cc2cccc(S(=O)[O-])c2)C3)CC1. The van der Waals surface area contributed by atoms with Crippen molar-refractivity contribution in [2.75, 3.05) is 26.2 Å². The predicted octanol–water partition coefficient (Wildman–Crippen LogP) is 4.28. The average molecular weight is 406 g/mol. The van der Waals surface area contributed by atoms with Crippen molar-refractivity contribution < 1.29 is 8.76 Å². The van der Waals surface area contributed by atoms with Gasteiger partial charge in [0, 0.05) is 30.6 Å². The fraction of sp³-hybridized carbons (Fsp3) is 0.739. The van der Waals surface area contributed by atoms with Crippen LogP contribution < -0.4 is 0 Å². The van der Waals surface area contributed by atoms with Crippen molar-refractivity contribution in [3.05, 3.63) is 29.8 Å². The molecule has 158 valence electrons. The van der Waals surface area contributed by atoms with Crippen molar-refractivity contribution in [3.8, 4) is 0 Å². The summed E-state index contributed by atoms with van der Waals surface area (Å²) in [5.41, 5.74) is 1.66. The van der Waals surface area contributed by atoms with Gasteiger partial charge < -0.3 is 9.45 Å². The van der Waals surface area contributed by atoms with E-state index in [0.29, 0.717) is 10.3 Å². The van der Waals surface area contributed by atoms with Gasteiger partial charge >= 0.3 is 0 Å². The van der Waals surface area contributed by atoms with Crippen molar-refractivity contribution in [3.63, 3.8) is 0 Å². The summed E-state index contributed by atoms with van der Waals surface area (Å²) in [6, 6.07) is 8.15. The number of likely N-dealkylation sites (tertiary alicyclic amines) is 2. The zero-order chi connectivity index (χ0) is 20.3. The summed E-state index contributed by atoms with van der Waals surface area (Å²) in [6.07, 6.45) is 5.48. The van der Waals surface area contributed by atoms with E-state index in [1.165, 1.54) is 51.9 Å². The molecule has 1 atom stereocenters. The highest BCUT2D eigenvalue weighted by atomic mass is 32.2. The Bertz CT molecular complexity index is 656. The second-order valence-electron chi connectivity index (χ2n) is 9.21. The predicted molar refractivity (Wildman–Crippen MR) is 115 cm³/mol. The monoisotopic (exact) mass is 405 g/mol. The minimum Gasteiger partial charge on any atom is -0.768 e. The Morgan fingerprint density at radius 3 is 2.39 bits per heavy atom.